The first-order valence-electron chi connectivity index (χ1n) is 5.42. The van der Waals surface area contributed by atoms with E-state index in [9.17, 15) is 8.78 Å². The summed E-state index contributed by atoms with van der Waals surface area (Å²) in [6.07, 6.45) is 0.768. The first-order chi connectivity index (χ1) is 6.05. The van der Waals surface area contributed by atoms with Crippen molar-refractivity contribution >= 4 is 0 Å². The molecule has 0 saturated heterocycles. The van der Waals surface area contributed by atoms with Gasteiger partial charge in [-0.2, -0.15) is 0 Å². The molecule has 0 nitrogen and oxygen atoms in total. The molecule has 1 aliphatic carbocycles. The normalized spacial score (nSPS) is 31.5. The Morgan fingerprint density at radius 3 is 2.00 bits per heavy atom. The van der Waals surface area contributed by atoms with Gasteiger partial charge in [0.1, 0.15) is 0 Å². The molecule has 14 heavy (non-hydrogen) atoms. The minimum atomic E-state index is -2.44. The van der Waals surface area contributed by atoms with Crippen LogP contribution in [0.25, 0.3) is 0 Å². The van der Waals surface area contributed by atoms with Crippen LogP contribution in [0.3, 0.4) is 0 Å². The van der Waals surface area contributed by atoms with Crippen molar-refractivity contribution in [3.8, 4) is 0 Å². The van der Waals surface area contributed by atoms with Crippen molar-refractivity contribution in [1.29, 1.82) is 0 Å². The van der Waals surface area contributed by atoms with Crippen molar-refractivity contribution in [3.05, 3.63) is 0 Å². The number of alkyl halides is 2. The van der Waals surface area contributed by atoms with E-state index in [1.165, 1.54) is 0 Å². The van der Waals surface area contributed by atoms with Crippen LogP contribution >= 0.6 is 0 Å². The second-order valence-electron chi connectivity index (χ2n) is 6.48. The van der Waals surface area contributed by atoms with Gasteiger partial charge in [-0.3, -0.25) is 0 Å². The Labute approximate surface area is 86.1 Å². The van der Waals surface area contributed by atoms with Crippen LogP contribution in [0.2, 0.25) is 0 Å². The Hall–Kier alpha value is -0.140. The van der Waals surface area contributed by atoms with Gasteiger partial charge in [0, 0.05) is 12.8 Å². The number of rotatable bonds is 0. The Balaban J connectivity index is 2.84. The number of halogens is 2. The molecule has 1 fully saturated rings. The van der Waals surface area contributed by atoms with Gasteiger partial charge < -0.3 is 0 Å². The van der Waals surface area contributed by atoms with Gasteiger partial charge in [0.2, 0.25) is 5.92 Å². The van der Waals surface area contributed by atoms with Crippen molar-refractivity contribution in [2.24, 2.45) is 16.7 Å². The Kier molecular flexibility index (Phi) is 2.71. The maximum Gasteiger partial charge on any atom is 0.248 e. The van der Waals surface area contributed by atoms with E-state index in [-0.39, 0.29) is 23.7 Å². The third-order valence-corrected chi connectivity index (χ3v) is 3.50. The first kappa shape index (κ1) is 11.9. The molecule has 1 aliphatic rings. The zero-order chi connectivity index (χ0) is 11.2. The second kappa shape index (κ2) is 3.18. The summed E-state index contributed by atoms with van der Waals surface area (Å²) in [5.74, 6) is -2.04. The molecule has 2 heteroatoms. The van der Waals surface area contributed by atoms with Crippen molar-refractivity contribution < 1.29 is 8.78 Å². The zero-order valence-electron chi connectivity index (χ0n) is 9.95. The van der Waals surface area contributed by atoms with Crippen LogP contribution in [-0.2, 0) is 0 Å². The van der Waals surface area contributed by atoms with E-state index in [1.54, 1.807) is 0 Å². The molecule has 1 unspecified atom stereocenters. The van der Waals surface area contributed by atoms with E-state index >= 15 is 0 Å². The van der Waals surface area contributed by atoms with Crippen LogP contribution in [0, 0.1) is 16.7 Å². The highest BCUT2D eigenvalue weighted by Crippen LogP contribution is 2.53. The van der Waals surface area contributed by atoms with Crippen LogP contribution in [-0.4, -0.2) is 5.92 Å². The van der Waals surface area contributed by atoms with Crippen molar-refractivity contribution in [1.82, 2.24) is 0 Å². The van der Waals surface area contributed by atoms with Gasteiger partial charge in [0.05, 0.1) is 0 Å². The molecule has 0 spiro atoms. The van der Waals surface area contributed by atoms with E-state index in [0.717, 1.165) is 0 Å². The molecule has 0 amide bonds. The van der Waals surface area contributed by atoms with Crippen molar-refractivity contribution in [2.75, 3.05) is 0 Å². The Morgan fingerprint density at radius 1 is 1.14 bits per heavy atom. The molecular weight excluding hydrogens is 182 g/mol. The quantitative estimate of drug-likeness (QED) is 0.545. The minimum Gasteiger partial charge on any atom is -0.207 e. The highest BCUT2D eigenvalue weighted by molar-refractivity contribution is 4.94. The van der Waals surface area contributed by atoms with Gasteiger partial charge in [-0.25, -0.2) is 8.78 Å². The van der Waals surface area contributed by atoms with Crippen molar-refractivity contribution in [2.45, 2.75) is 59.8 Å². The van der Waals surface area contributed by atoms with Gasteiger partial charge in [0.25, 0.3) is 0 Å². The number of hydrogen-bond donors (Lipinski definition) is 0. The molecular formula is C12H22F2. The largest absolute Gasteiger partial charge is 0.248 e. The summed E-state index contributed by atoms with van der Waals surface area (Å²) in [5, 5.41) is 0. The molecule has 0 aliphatic heterocycles. The highest BCUT2D eigenvalue weighted by Gasteiger charge is 2.49. The molecule has 0 radical (unpaired) electrons. The molecule has 1 saturated carbocycles. The van der Waals surface area contributed by atoms with Crippen LogP contribution in [0.4, 0.5) is 8.78 Å². The zero-order valence-corrected chi connectivity index (χ0v) is 9.95. The topological polar surface area (TPSA) is 0 Å². The standard InChI is InChI=1S/C12H22F2/c1-10(2,3)9-6-7-12(13,14)8-11(9,4)5/h9H,6-8H2,1-5H3. The summed E-state index contributed by atoms with van der Waals surface area (Å²) in [6.45, 7) is 10.4. The smallest absolute Gasteiger partial charge is 0.207 e. The molecule has 0 heterocycles. The van der Waals surface area contributed by atoms with Gasteiger partial charge >= 0.3 is 0 Å². The summed E-state index contributed by atoms with van der Waals surface area (Å²) in [7, 11) is 0. The SMILES string of the molecule is CC(C)(C)C1CCC(F)(F)CC1(C)C. The van der Waals surface area contributed by atoms with Crippen LogP contribution in [0.15, 0.2) is 0 Å². The fraction of sp³-hybridized carbons (Fsp3) is 1.00. The predicted molar refractivity (Wildman–Crippen MR) is 55.5 cm³/mol. The molecule has 0 bridgehead atoms. The van der Waals surface area contributed by atoms with Crippen LogP contribution < -0.4 is 0 Å². The highest BCUT2D eigenvalue weighted by atomic mass is 19.3. The van der Waals surface area contributed by atoms with Crippen LogP contribution in [0.5, 0.6) is 0 Å². The fourth-order valence-electron chi connectivity index (χ4n) is 3.23. The van der Waals surface area contributed by atoms with Crippen molar-refractivity contribution in [3.63, 3.8) is 0 Å². The average molecular weight is 204 g/mol. The molecule has 0 aromatic carbocycles. The summed E-state index contributed by atoms with van der Waals surface area (Å²) < 4.78 is 26.5. The second-order valence-corrected chi connectivity index (χ2v) is 6.48. The van der Waals surface area contributed by atoms with E-state index in [4.69, 9.17) is 0 Å². The first-order valence-corrected chi connectivity index (χ1v) is 5.42. The Bertz CT molecular complexity index is 211. The lowest BCUT2D eigenvalue weighted by Crippen LogP contribution is -2.43. The maximum atomic E-state index is 13.3. The van der Waals surface area contributed by atoms with Gasteiger partial charge in [-0.05, 0) is 23.2 Å². The molecule has 0 N–H and O–H groups in total. The summed E-state index contributed by atoms with van der Waals surface area (Å²) >= 11 is 0. The lowest BCUT2D eigenvalue weighted by atomic mass is 9.58. The monoisotopic (exact) mass is 204 g/mol. The lowest BCUT2D eigenvalue weighted by molar-refractivity contribution is -0.116. The summed E-state index contributed by atoms with van der Waals surface area (Å²) in [6, 6.07) is 0. The van der Waals surface area contributed by atoms with Gasteiger partial charge in [-0.1, -0.05) is 34.6 Å². The number of hydrogen-bond acceptors (Lipinski definition) is 0. The molecule has 0 aromatic heterocycles. The molecule has 1 rings (SSSR count). The lowest BCUT2D eigenvalue weighted by Gasteiger charge is -2.48. The predicted octanol–water partition coefficient (Wildman–Crippen LogP) is 4.49. The van der Waals surface area contributed by atoms with E-state index < -0.39 is 5.92 Å². The molecule has 0 aromatic rings. The van der Waals surface area contributed by atoms with Gasteiger partial charge in [-0.15, -0.1) is 0 Å². The molecule has 1 atom stereocenters. The van der Waals surface area contributed by atoms with E-state index in [0.29, 0.717) is 12.3 Å². The minimum absolute atomic E-state index is 0.0436. The maximum absolute atomic E-state index is 13.3. The Morgan fingerprint density at radius 2 is 1.64 bits per heavy atom. The third-order valence-electron chi connectivity index (χ3n) is 3.50. The molecule has 84 valence electrons. The summed E-state index contributed by atoms with van der Waals surface area (Å²) in [5.41, 5.74) is -0.0972. The van der Waals surface area contributed by atoms with Crippen LogP contribution in [0.1, 0.15) is 53.9 Å². The van der Waals surface area contributed by atoms with E-state index in [2.05, 4.69) is 20.8 Å². The summed E-state index contributed by atoms with van der Waals surface area (Å²) in [4.78, 5) is 0. The third kappa shape index (κ3) is 2.46. The average Bonchev–Trinajstić information content (AvgIpc) is 1.76. The van der Waals surface area contributed by atoms with E-state index in [1.807, 2.05) is 13.8 Å². The fourth-order valence-corrected chi connectivity index (χ4v) is 3.23. The van der Waals surface area contributed by atoms with Gasteiger partial charge in [0.15, 0.2) is 0 Å².